The van der Waals surface area contributed by atoms with Gasteiger partial charge >= 0.3 is 7.82 Å². The van der Waals surface area contributed by atoms with Crippen molar-refractivity contribution >= 4 is 7.82 Å². The van der Waals surface area contributed by atoms with Gasteiger partial charge < -0.3 is 19.1 Å². The van der Waals surface area contributed by atoms with Gasteiger partial charge in [0, 0.05) is 18.7 Å². The Kier molecular flexibility index (Phi) is 20.7. The average molecular weight is 505 g/mol. The molecule has 0 saturated carbocycles. The molecule has 1 rings (SSSR count). The standard InChI is InChI=1S/C25H46NO7P/c1-2-3-4-5-6-7-8-9-10-14-18-29-20-21-30-22-23-31-24-25-33-34(27,28)32-19-17-26-15-12-11-13-16-26/h11-13,15-16H,2-10,14,17-25H2,1H3/p+1. The lowest BCUT2D eigenvalue weighted by Crippen LogP contribution is -2.34. The van der Waals surface area contributed by atoms with Gasteiger partial charge in [-0.25, -0.2) is 9.13 Å². The third-order valence-corrected chi connectivity index (χ3v) is 6.27. The summed E-state index contributed by atoms with van der Waals surface area (Å²) in [7, 11) is -4.06. The van der Waals surface area contributed by atoms with Crippen molar-refractivity contribution in [1.29, 1.82) is 0 Å². The molecule has 0 spiro atoms. The van der Waals surface area contributed by atoms with Crippen molar-refractivity contribution in [3.8, 4) is 0 Å². The SMILES string of the molecule is CCCCCCCCCCCCOCCOCCOCCOP(=O)(O)OCC[n+]1ccccc1. The minimum Gasteiger partial charge on any atom is -0.379 e. The van der Waals surface area contributed by atoms with Gasteiger partial charge in [0.25, 0.3) is 0 Å². The van der Waals surface area contributed by atoms with Crippen LogP contribution in [-0.4, -0.2) is 57.7 Å². The lowest BCUT2D eigenvalue weighted by atomic mass is 10.1. The largest absolute Gasteiger partial charge is 0.472 e. The molecule has 1 heterocycles. The Morgan fingerprint density at radius 1 is 0.618 bits per heavy atom. The van der Waals surface area contributed by atoms with Crippen LogP contribution >= 0.6 is 7.82 Å². The number of nitrogens with zero attached hydrogens (tertiary/aromatic N) is 1. The molecule has 0 aliphatic rings. The van der Waals surface area contributed by atoms with Crippen LogP contribution in [-0.2, 0) is 34.4 Å². The van der Waals surface area contributed by atoms with Gasteiger partial charge in [0.2, 0.25) is 0 Å². The Balaban J connectivity index is 1.77. The predicted octanol–water partition coefficient (Wildman–Crippen LogP) is 5.08. The summed E-state index contributed by atoms with van der Waals surface area (Å²) in [6, 6.07) is 5.65. The summed E-state index contributed by atoms with van der Waals surface area (Å²) in [5.41, 5.74) is 0. The zero-order valence-corrected chi connectivity index (χ0v) is 22.0. The fourth-order valence-corrected chi connectivity index (χ4v) is 4.02. The topological polar surface area (TPSA) is 87.3 Å². The molecular weight excluding hydrogens is 457 g/mol. The van der Waals surface area contributed by atoms with E-state index in [9.17, 15) is 9.46 Å². The molecule has 0 radical (unpaired) electrons. The number of ether oxygens (including phenoxy) is 3. The smallest absolute Gasteiger partial charge is 0.379 e. The molecule has 0 saturated heterocycles. The molecule has 34 heavy (non-hydrogen) atoms. The Morgan fingerprint density at radius 2 is 1.09 bits per heavy atom. The molecule has 8 nitrogen and oxygen atoms in total. The summed E-state index contributed by atoms with van der Waals surface area (Å²) in [5, 5.41) is 0. The van der Waals surface area contributed by atoms with Gasteiger partial charge in [0.05, 0.1) is 39.6 Å². The zero-order valence-electron chi connectivity index (χ0n) is 21.1. The maximum Gasteiger partial charge on any atom is 0.472 e. The lowest BCUT2D eigenvalue weighted by Gasteiger charge is -2.11. The first-order valence-electron chi connectivity index (χ1n) is 12.9. The van der Waals surface area contributed by atoms with Gasteiger partial charge in [-0.05, 0) is 6.42 Å². The van der Waals surface area contributed by atoms with E-state index >= 15 is 0 Å². The summed E-state index contributed by atoms with van der Waals surface area (Å²) in [6.07, 6.45) is 16.9. The maximum atomic E-state index is 11.8. The van der Waals surface area contributed by atoms with Crippen molar-refractivity contribution < 1.29 is 37.3 Å². The zero-order chi connectivity index (χ0) is 24.6. The second kappa shape index (κ2) is 22.6. The summed E-state index contributed by atoms with van der Waals surface area (Å²) in [5.74, 6) is 0. The normalized spacial score (nSPS) is 13.2. The van der Waals surface area contributed by atoms with Crippen molar-refractivity contribution in [2.24, 2.45) is 0 Å². The van der Waals surface area contributed by atoms with Crippen molar-refractivity contribution in [1.82, 2.24) is 0 Å². The quantitative estimate of drug-likeness (QED) is 0.113. The summed E-state index contributed by atoms with van der Waals surface area (Å²) in [6.45, 7) is 5.74. The average Bonchev–Trinajstić information content (AvgIpc) is 2.83. The van der Waals surface area contributed by atoms with E-state index in [2.05, 4.69) is 6.92 Å². The van der Waals surface area contributed by atoms with Crippen LogP contribution in [0, 0.1) is 0 Å². The van der Waals surface area contributed by atoms with Gasteiger partial charge in [-0.15, -0.1) is 0 Å². The van der Waals surface area contributed by atoms with E-state index < -0.39 is 7.82 Å². The van der Waals surface area contributed by atoms with Crippen molar-refractivity contribution in [2.75, 3.05) is 52.9 Å². The molecule has 1 unspecified atom stereocenters. The van der Waals surface area contributed by atoms with Crippen LogP contribution in [0.1, 0.15) is 71.1 Å². The highest BCUT2D eigenvalue weighted by molar-refractivity contribution is 7.47. The van der Waals surface area contributed by atoms with Gasteiger partial charge in [-0.2, -0.15) is 0 Å². The molecule has 9 heteroatoms. The number of unbranched alkanes of at least 4 members (excludes halogenated alkanes) is 9. The second-order valence-corrected chi connectivity index (χ2v) is 9.72. The first-order valence-corrected chi connectivity index (χ1v) is 14.4. The number of phosphoric ester groups is 1. The van der Waals surface area contributed by atoms with Gasteiger partial charge in [-0.1, -0.05) is 70.8 Å². The molecule has 198 valence electrons. The number of hydrogen-bond acceptors (Lipinski definition) is 6. The van der Waals surface area contributed by atoms with E-state index in [4.69, 9.17) is 23.3 Å². The fourth-order valence-electron chi connectivity index (χ4n) is 3.33. The van der Waals surface area contributed by atoms with E-state index in [1.54, 1.807) is 0 Å². The van der Waals surface area contributed by atoms with E-state index in [1.165, 1.54) is 57.8 Å². The summed E-state index contributed by atoms with van der Waals surface area (Å²) < 4.78 is 39.9. The molecule has 0 amide bonds. The van der Waals surface area contributed by atoms with Crippen LogP contribution in [0.5, 0.6) is 0 Å². The van der Waals surface area contributed by atoms with E-state index in [0.717, 1.165) is 13.0 Å². The number of rotatable bonds is 25. The van der Waals surface area contributed by atoms with E-state index in [-0.39, 0.29) is 19.8 Å². The summed E-state index contributed by atoms with van der Waals surface area (Å²) in [4.78, 5) is 9.65. The third kappa shape index (κ3) is 20.5. The first kappa shape index (κ1) is 31.2. The summed E-state index contributed by atoms with van der Waals surface area (Å²) >= 11 is 0. The Hall–Kier alpha value is -0.860. The lowest BCUT2D eigenvalue weighted by molar-refractivity contribution is -0.697. The second-order valence-electron chi connectivity index (χ2n) is 8.27. The number of pyridine rings is 1. The minimum atomic E-state index is -4.06. The van der Waals surface area contributed by atoms with Crippen molar-refractivity contribution in [2.45, 2.75) is 77.7 Å². The van der Waals surface area contributed by atoms with Crippen LogP contribution in [0.3, 0.4) is 0 Å². The number of hydrogen-bond donors (Lipinski definition) is 1. The molecule has 0 aromatic carbocycles. The Morgan fingerprint density at radius 3 is 1.68 bits per heavy atom. The van der Waals surface area contributed by atoms with Crippen molar-refractivity contribution in [3.05, 3.63) is 30.6 Å². The molecular formula is C25H47NO7P+. The van der Waals surface area contributed by atoms with Crippen LogP contribution in [0.4, 0.5) is 0 Å². The fraction of sp³-hybridized carbons (Fsp3) is 0.800. The molecule has 1 aromatic heterocycles. The highest BCUT2D eigenvalue weighted by atomic mass is 31.2. The Bertz CT molecular complexity index is 606. The molecule has 0 bridgehead atoms. The van der Waals surface area contributed by atoms with Gasteiger partial charge in [0.15, 0.2) is 18.9 Å². The highest BCUT2D eigenvalue weighted by Gasteiger charge is 2.21. The monoisotopic (exact) mass is 504 g/mol. The van der Waals surface area contributed by atoms with Gasteiger partial charge in [-0.3, -0.25) is 9.05 Å². The van der Waals surface area contributed by atoms with Crippen molar-refractivity contribution in [3.63, 3.8) is 0 Å². The van der Waals surface area contributed by atoms with Crippen LogP contribution in [0.15, 0.2) is 30.6 Å². The van der Waals surface area contributed by atoms with E-state index in [0.29, 0.717) is 33.0 Å². The number of aromatic nitrogens is 1. The van der Waals surface area contributed by atoms with E-state index in [1.807, 2.05) is 35.2 Å². The highest BCUT2D eigenvalue weighted by Crippen LogP contribution is 2.42. The Labute approximate surface area is 206 Å². The van der Waals surface area contributed by atoms with Gasteiger partial charge in [0.1, 0.15) is 6.61 Å². The molecule has 1 aromatic rings. The molecule has 1 N–H and O–H groups in total. The minimum absolute atomic E-state index is 0.0196. The first-order chi connectivity index (χ1) is 16.6. The molecule has 0 aliphatic carbocycles. The molecule has 0 fully saturated rings. The predicted molar refractivity (Wildman–Crippen MR) is 133 cm³/mol. The van der Waals surface area contributed by atoms with Crippen LogP contribution in [0.25, 0.3) is 0 Å². The van der Waals surface area contributed by atoms with Crippen LogP contribution in [0.2, 0.25) is 0 Å². The number of phosphoric acid groups is 1. The third-order valence-electron chi connectivity index (χ3n) is 5.25. The maximum absolute atomic E-state index is 11.8. The van der Waals surface area contributed by atoms with Crippen LogP contribution < -0.4 is 4.57 Å². The molecule has 1 atom stereocenters. The molecule has 0 aliphatic heterocycles.